The summed E-state index contributed by atoms with van der Waals surface area (Å²) in [6.07, 6.45) is -5.06. The van der Waals surface area contributed by atoms with E-state index in [1.165, 1.54) is 6.07 Å². The van der Waals surface area contributed by atoms with Crippen molar-refractivity contribution in [2.45, 2.75) is 39.4 Å². The van der Waals surface area contributed by atoms with Gasteiger partial charge < -0.3 is 9.67 Å². The first-order valence-corrected chi connectivity index (χ1v) is 5.19. The Balaban J connectivity index is 2.75. The zero-order chi connectivity index (χ0) is 13.2. The molecule has 1 aromatic rings. The minimum Gasteiger partial charge on any atom is -0.478 e. The molecule has 0 aliphatic rings. The number of alkyl halides is 3. The summed E-state index contributed by atoms with van der Waals surface area (Å²) in [6, 6.07) is 1.48. The molecule has 0 fully saturated rings. The predicted octanol–water partition coefficient (Wildman–Crippen LogP) is 3.15. The van der Waals surface area contributed by atoms with E-state index in [1.54, 1.807) is 18.4 Å². The molecule has 0 atom stereocenters. The van der Waals surface area contributed by atoms with Crippen LogP contribution in [0.5, 0.6) is 0 Å². The first-order chi connectivity index (χ1) is 7.72. The third kappa shape index (κ3) is 3.51. The highest BCUT2D eigenvalue weighted by Crippen LogP contribution is 2.23. The average Bonchev–Trinajstić information content (AvgIpc) is 2.43. The van der Waals surface area contributed by atoms with E-state index in [1.807, 2.05) is 0 Å². The molecule has 1 N–H and O–H groups in total. The maximum atomic E-state index is 12.0. The first kappa shape index (κ1) is 13.6. The number of carboxylic acid groups (broad SMARTS) is 1. The Morgan fingerprint density at radius 1 is 1.41 bits per heavy atom. The number of aromatic nitrogens is 1. The highest BCUT2D eigenvalue weighted by Gasteiger charge is 2.26. The van der Waals surface area contributed by atoms with Crippen LogP contribution >= 0.6 is 0 Å². The molecule has 0 aromatic carbocycles. The van der Waals surface area contributed by atoms with Gasteiger partial charge in [-0.2, -0.15) is 13.2 Å². The number of rotatable bonds is 4. The van der Waals surface area contributed by atoms with Gasteiger partial charge in [-0.3, -0.25) is 0 Å². The Bertz CT molecular complexity index is 421. The van der Waals surface area contributed by atoms with E-state index >= 15 is 0 Å². The number of carbonyl (C=O) groups is 1. The lowest BCUT2D eigenvalue weighted by atomic mass is 10.2. The second-order valence-electron chi connectivity index (χ2n) is 3.96. The number of hydrogen-bond donors (Lipinski definition) is 1. The topological polar surface area (TPSA) is 42.2 Å². The van der Waals surface area contributed by atoms with Crippen molar-refractivity contribution in [1.29, 1.82) is 0 Å². The number of aromatic carboxylic acids is 1. The summed E-state index contributed by atoms with van der Waals surface area (Å²) in [5.41, 5.74) is 1.31. The van der Waals surface area contributed by atoms with Crippen molar-refractivity contribution in [2.24, 2.45) is 0 Å². The lowest BCUT2D eigenvalue weighted by Crippen LogP contribution is -2.11. The number of hydrogen-bond acceptors (Lipinski definition) is 1. The second-order valence-corrected chi connectivity index (χ2v) is 3.96. The average molecular weight is 249 g/mol. The molecular weight excluding hydrogens is 235 g/mol. The third-order valence-corrected chi connectivity index (χ3v) is 2.65. The van der Waals surface area contributed by atoms with E-state index in [0.717, 1.165) is 0 Å². The molecule has 1 rings (SSSR count). The van der Waals surface area contributed by atoms with Crippen LogP contribution in [0.3, 0.4) is 0 Å². The molecule has 0 bridgehead atoms. The molecule has 0 aliphatic carbocycles. The van der Waals surface area contributed by atoms with Crippen LogP contribution in [0.2, 0.25) is 0 Å². The summed E-state index contributed by atoms with van der Waals surface area (Å²) >= 11 is 0. The van der Waals surface area contributed by atoms with Gasteiger partial charge in [0.25, 0.3) is 0 Å². The van der Waals surface area contributed by atoms with Gasteiger partial charge in [-0.1, -0.05) is 0 Å². The van der Waals surface area contributed by atoms with Gasteiger partial charge in [-0.15, -0.1) is 0 Å². The van der Waals surface area contributed by atoms with Gasteiger partial charge in [-0.05, 0) is 26.3 Å². The van der Waals surface area contributed by atoms with Crippen molar-refractivity contribution in [3.05, 3.63) is 23.0 Å². The molecule has 0 aliphatic heterocycles. The highest BCUT2D eigenvalue weighted by atomic mass is 19.4. The van der Waals surface area contributed by atoms with Crippen molar-refractivity contribution < 1.29 is 23.1 Å². The van der Waals surface area contributed by atoms with Crippen LogP contribution in [-0.4, -0.2) is 21.8 Å². The summed E-state index contributed by atoms with van der Waals surface area (Å²) in [7, 11) is 0. The fourth-order valence-corrected chi connectivity index (χ4v) is 1.80. The Kier molecular flexibility index (Phi) is 3.85. The summed E-state index contributed by atoms with van der Waals surface area (Å²) in [4.78, 5) is 10.8. The molecule has 0 spiro atoms. The van der Waals surface area contributed by atoms with E-state index in [-0.39, 0.29) is 18.5 Å². The van der Waals surface area contributed by atoms with E-state index < -0.39 is 18.6 Å². The van der Waals surface area contributed by atoms with Crippen LogP contribution in [0.15, 0.2) is 6.07 Å². The van der Waals surface area contributed by atoms with Gasteiger partial charge in [0.2, 0.25) is 0 Å². The second kappa shape index (κ2) is 4.81. The molecule has 0 saturated heterocycles. The zero-order valence-electron chi connectivity index (χ0n) is 9.64. The van der Waals surface area contributed by atoms with Crippen molar-refractivity contribution in [3.63, 3.8) is 0 Å². The monoisotopic (exact) mass is 249 g/mol. The van der Waals surface area contributed by atoms with Crippen LogP contribution in [0.4, 0.5) is 13.2 Å². The molecule has 0 amide bonds. The number of nitrogens with zero attached hydrogens (tertiary/aromatic N) is 1. The molecule has 0 saturated carbocycles. The van der Waals surface area contributed by atoms with Gasteiger partial charge >= 0.3 is 12.1 Å². The minimum atomic E-state index is -4.16. The quantitative estimate of drug-likeness (QED) is 0.890. The summed E-state index contributed by atoms with van der Waals surface area (Å²) in [5, 5.41) is 8.86. The Morgan fingerprint density at radius 3 is 2.41 bits per heavy atom. The SMILES string of the molecule is Cc1cc(C(=O)O)c(C)n1CCCC(F)(F)F. The van der Waals surface area contributed by atoms with E-state index in [4.69, 9.17) is 5.11 Å². The van der Waals surface area contributed by atoms with Crippen molar-refractivity contribution in [2.75, 3.05) is 0 Å². The molecule has 1 heterocycles. The molecule has 17 heavy (non-hydrogen) atoms. The molecular formula is C11H14F3NO2. The van der Waals surface area contributed by atoms with Gasteiger partial charge in [0.15, 0.2) is 0 Å². The fraction of sp³-hybridized carbons (Fsp3) is 0.545. The molecule has 96 valence electrons. The molecule has 6 heteroatoms. The Morgan fingerprint density at radius 2 is 2.00 bits per heavy atom. The minimum absolute atomic E-state index is 0.0427. The lowest BCUT2D eigenvalue weighted by Gasteiger charge is -2.10. The van der Waals surface area contributed by atoms with E-state index in [2.05, 4.69) is 0 Å². The van der Waals surface area contributed by atoms with Crippen LogP contribution in [0.25, 0.3) is 0 Å². The van der Waals surface area contributed by atoms with E-state index in [0.29, 0.717) is 11.4 Å². The van der Waals surface area contributed by atoms with Gasteiger partial charge in [0.1, 0.15) is 0 Å². The normalized spacial score (nSPS) is 11.8. The highest BCUT2D eigenvalue weighted by molar-refractivity contribution is 5.89. The number of aryl methyl sites for hydroxylation is 1. The zero-order valence-corrected chi connectivity index (χ0v) is 9.64. The van der Waals surface area contributed by atoms with Gasteiger partial charge in [0.05, 0.1) is 5.56 Å². The van der Waals surface area contributed by atoms with E-state index in [9.17, 15) is 18.0 Å². The van der Waals surface area contributed by atoms with Crippen LogP contribution in [0, 0.1) is 13.8 Å². The summed E-state index contributed by atoms with van der Waals surface area (Å²) in [6.45, 7) is 3.47. The molecule has 0 radical (unpaired) electrons. The van der Waals surface area contributed by atoms with Crippen molar-refractivity contribution in [1.82, 2.24) is 4.57 Å². The Labute approximate surface area is 96.9 Å². The fourth-order valence-electron chi connectivity index (χ4n) is 1.80. The third-order valence-electron chi connectivity index (χ3n) is 2.65. The van der Waals surface area contributed by atoms with Crippen LogP contribution in [0.1, 0.15) is 34.6 Å². The van der Waals surface area contributed by atoms with Crippen molar-refractivity contribution in [3.8, 4) is 0 Å². The standard InChI is InChI=1S/C11H14F3NO2/c1-7-6-9(10(16)17)8(2)15(7)5-3-4-11(12,13)14/h6H,3-5H2,1-2H3,(H,16,17). The van der Waals surface area contributed by atoms with Gasteiger partial charge in [0, 0.05) is 24.4 Å². The summed E-state index contributed by atoms with van der Waals surface area (Å²) < 4.78 is 37.6. The predicted molar refractivity (Wildman–Crippen MR) is 56.2 cm³/mol. The van der Waals surface area contributed by atoms with Gasteiger partial charge in [-0.25, -0.2) is 4.79 Å². The molecule has 3 nitrogen and oxygen atoms in total. The summed E-state index contributed by atoms with van der Waals surface area (Å²) in [5.74, 6) is -1.06. The van der Waals surface area contributed by atoms with Crippen LogP contribution in [-0.2, 0) is 6.54 Å². The molecule has 0 unspecified atom stereocenters. The maximum Gasteiger partial charge on any atom is 0.389 e. The number of carboxylic acids is 1. The largest absolute Gasteiger partial charge is 0.478 e. The lowest BCUT2D eigenvalue weighted by molar-refractivity contribution is -0.135. The number of halogens is 3. The van der Waals surface area contributed by atoms with Crippen molar-refractivity contribution >= 4 is 5.97 Å². The smallest absolute Gasteiger partial charge is 0.389 e. The maximum absolute atomic E-state index is 12.0. The first-order valence-electron chi connectivity index (χ1n) is 5.19. The molecule has 1 aromatic heterocycles. The van der Waals surface area contributed by atoms with Crippen LogP contribution < -0.4 is 0 Å². The Hall–Kier alpha value is -1.46.